The first kappa shape index (κ1) is 18.9. The van der Waals surface area contributed by atoms with Crippen LogP contribution in [-0.2, 0) is 9.53 Å². The first-order valence-electron chi connectivity index (χ1n) is 8.26. The van der Waals surface area contributed by atoms with Gasteiger partial charge in [-0.15, -0.1) is 6.58 Å². The Bertz CT molecular complexity index is 256. The largest absolute Gasteiger partial charge is 0.435 e. The van der Waals surface area contributed by atoms with Gasteiger partial charge in [-0.2, -0.15) is 0 Å². The predicted molar refractivity (Wildman–Crippen MR) is 86.5 cm³/mol. The van der Waals surface area contributed by atoms with Crippen LogP contribution >= 0.6 is 0 Å². The highest BCUT2D eigenvalue weighted by atomic mass is 16.5. The third kappa shape index (κ3) is 15.0. The molecule has 0 fully saturated rings. The number of hydrogen-bond acceptors (Lipinski definition) is 2. The van der Waals surface area contributed by atoms with Crippen molar-refractivity contribution in [3.63, 3.8) is 0 Å². The zero-order valence-corrected chi connectivity index (χ0v) is 13.2. The van der Waals surface area contributed by atoms with Crippen molar-refractivity contribution in [2.45, 2.75) is 84.0 Å². The van der Waals surface area contributed by atoms with Crippen molar-refractivity contribution in [3.05, 3.63) is 25.0 Å². The van der Waals surface area contributed by atoms with Gasteiger partial charge in [-0.3, -0.25) is 4.79 Å². The number of allylic oxidation sites excluding steroid dienone is 2. The fourth-order valence-electron chi connectivity index (χ4n) is 2.03. The average Bonchev–Trinajstić information content (AvgIpc) is 2.45. The Morgan fingerprint density at radius 3 is 2.35 bits per heavy atom. The minimum atomic E-state index is -0.0964. The molecule has 0 saturated carbocycles. The summed E-state index contributed by atoms with van der Waals surface area (Å²) in [6, 6.07) is 0. The van der Waals surface area contributed by atoms with Crippen LogP contribution in [0.3, 0.4) is 0 Å². The van der Waals surface area contributed by atoms with E-state index in [0.29, 0.717) is 6.42 Å². The minimum absolute atomic E-state index is 0.0964. The molecule has 0 bridgehead atoms. The number of ether oxygens (including phenoxy) is 1. The standard InChI is InChI=1S/C18H32O2/c1-3-5-7-9-11-12-14-16-18(19)20-17-15-13-10-8-6-4-2/h3,15,17H,1,4-14,16H2,2H3/b17-15+. The van der Waals surface area contributed by atoms with Crippen molar-refractivity contribution in [2.24, 2.45) is 0 Å². The maximum absolute atomic E-state index is 11.4. The third-order valence-corrected chi connectivity index (χ3v) is 3.31. The summed E-state index contributed by atoms with van der Waals surface area (Å²) in [5.74, 6) is -0.0964. The van der Waals surface area contributed by atoms with Gasteiger partial charge >= 0.3 is 5.97 Å². The summed E-state index contributed by atoms with van der Waals surface area (Å²) in [7, 11) is 0. The molecular weight excluding hydrogens is 248 g/mol. The van der Waals surface area contributed by atoms with Gasteiger partial charge < -0.3 is 4.74 Å². The van der Waals surface area contributed by atoms with Gasteiger partial charge in [-0.1, -0.05) is 51.5 Å². The number of hydrogen-bond donors (Lipinski definition) is 0. The Hall–Kier alpha value is -1.05. The van der Waals surface area contributed by atoms with Crippen LogP contribution in [-0.4, -0.2) is 5.97 Å². The number of carbonyl (C=O) groups is 1. The van der Waals surface area contributed by atoms with Gasteiger partial charge in [-0.25, -0.2) is 0 Å². The van der Waals surface area contributed by atoms with Crippen LogP contribution < -0.4 is 0 Å². The van der Waals surface area contributed by atoms with E-state index >= 15 is 0 Å². The lowest BCUT2D eigenvalue weighted by Crippen LogP contribution is -1.98. The molecule has 0 unspecified atom stereocenters. The highest BCUT2D eigenvalue weighted by Gasteiger charge is 2.00. The second-order valence-electron chi connectivity index (χ2n) is 5.31. The molecule has 116 valence electrons. The zero-order chi connectivity index (χ0) is 14.9. The average molecular weight is 280 g/mol. The summed E-state index contributed by atoms with van der Waals surface area (Å²) in [5.41, 5.74) is 0. The van der Waals surface area contributed by atoms with Gasteiger partial charge in [0, 0.05) is 6.42 Å². The van der Waals surface area contributed by atoms with Crippen LogP contribution in [0, 0.1) is 0 Å². The Balaban J connectivity index is 3.27. The van der Waals surface area contributed by atoms with Crippen LogP contribution in [0.2, 0.25) is 0 Å². The maximum atomic E-state index is 11.4. The Labute approximate surface area is 125 Å². The zero-order valence-electron chi connectivity index (χ0n) is 13.2. The molecule has 0 radical (unpaired) electrons. The van der Waals surface area contributed by atoms with E-state index in [9.17, 15) is 4.79 Å². The lowest BCUT2D eigenvalue weighted by Gasteiger charge is -2.00. The number of rotatable bonds is 14. The lowest BCUT2D eigenvalue weighted by molar-refractivity contribution is -0.138. The van der Waals surface area contributed by atoms with Crippen molar-refractivity contribution < 1.29 is 9.53 Å². The summed E-state index contributed by atoms with van der Waals surface area (Å²) in [6.07, 6.45) is 18.9. The van der Waals surface area contributed by atoms with Gasteiger partial charge in [0.25, 0.3) is 0 Å². The van der Waals surface area contributed by atoms with E-state index in [1.165, 1.54) is 44.9 Å². The topological polar surface area (TPSA) is 26.3 Å². The van der Waals surface area contributed by atoms with E-state index in [1.807, 2.05) is 12.2 Å². The molecule has 20 heavy (non-hydrogen) atoms. The molecule has 0 heterocycles. The summed E-state index contributed by atoms with van der Waals surface area (Å²) >= 11 is 0. The normalized spacial score (nSPS) is 10.8. The third-order valence-electron chi connectivity index (χ3n) is 3.31. The molecule has 0 aromatic heterocycles. The number of carbonyl (C=O) groups excluding carboxylic acids is 1. The van der Waals surface area contributed by atoms with E-state index in [4.69, 9.17) is 4.74 Å². The van der Waals surface area contributed by atoms with Crippen LogP contribution in [0.5, 0.6) is 0 Å². The first-order chi connectivity index (χ1) is 9.81. The van der Waals surface area contributed by atoms with Crippen molar-refractivity contribution >= 4 is 5.97 Å². The fraction of sp³-hybridized carbons (Fsp3) is 0.722. The molecule has 2 heteroatoms. The maximum Gasteiger partial charge on any atom is 0.310 e. The van der Waals surface area contributed by atoms with E-state index in [0.717, 1.165) is 25.7 Å². The Kier molecular flexibility index (Phi) is 15.2. The fourth-order valence-corrected chi connectivity index (χ4v) is 2.03. The molecule has 0 rings (SSSR count). The molecule has 0 aromatic rings. The van der Waals surface area contributed by atoms with Crippen molar-refractivity contribution in [1.29, 1.82) is 0 Å². The van der Waals surface area contributed by atoms with Gasteiger partial charge in [-0.05, 0) is 38.2 Å². The van der Waals surface area contributed by atoms with Gasteiger partial charge in [0.1, 0.15) is 0 Å². The molecule has 0 aliphatic heterocycles. The highest BCUT2D eigenvalue weighted by molar-refractivity contribution is 5.69. The van der Waals surface area contributed by atoms with E-state index in [2.05, 4.69) is 13.5 Å². The molecular formula is C18H32O2. The Morgan fingerprint density at radius 2 is 1.60 bits per heavy atom. The summed E-state index contributed by atoms with van der Waals surface area (Å²) in [4.78, 5) is 11.4. The van der Waals surface area contributed by atoms with E-state index in [-0.39, 0.29) is 5.97 Å². The lowest BCUT2D eigenvalue weighted by atomic mass is 10.1. The summed E-state index contributed by atoms with van der Waals surface area (Å²) < 4.78 is 5.06. The smallest absolute Gasteiger partial charge is 0.310 e. The number of esters is 1. The molecule has 0 N–H and O–H groups in total. The molecule has 0 amide bonds. The monoisotopic (exact) mass is 280 g/mol. The molecule has 0 atom stereocenters. The van der Waals surface area contributed by atoms with Crippen molar-refractivity contribution in [3.8, 4) is 0 Å². The molecule has 2 nitrogen and oxygen atoms in total. The second-order valence-corrected chi connectivity index (χ2v) is 5.31. The van der Waals surface area contributed by atoms with Crippen molar-refractivity contribution in [1.82, 2.24) is 0 Å². The molecule has 0 saturated heterocycles. The summed E-state index contributed by atoms with van der Waals surface area (Å²) in [6.45, 7) is 5.91. The SMILES string of the molecule is C=CCCCCCCCC(=O)O/C=C/CCCCCC. The quantitative estimate of drug-likeness (QED) is 0.170. The Morgan fingerprint density at radius 1 is 0.950 bits per heavy atom. The minimum Gasteiger partial charge on any atom is -0.435 e. The molecule has 0 aromatic carbocycles. The van der Waals surface area contributed by atoms with Crippen LogP contribution in [0.1, 0.15) is 84.0 Å². The highest BCUT2D eigenvalue weighted by Crippen LogP contribution is 2.08. The van der Waals surface area contributed by atoms with E-state index < -0.39 is 0 Å². The molecule has 0 aliphatic rings. The van der Waals surface area contributed by atoms with Crippen LogP contribution in [0.15, 0.2) is 25.0 Å². The van der Waals surface area contributed by atoms with Gasteiger partial charge in [0.05, 0.1) is 6.26 Å². The second kappa shape index (κ2) is 16.0. The molecule has 0 aliphatic carbocycles. The van der Waals surface area contributed by atoms with Crippen LogP contribution in [0.25, 0.3) is 0 Å². The van der Waals surface area contributed by atoms with Gasteiger partial charge in [0.15, 0.2) is 0 Å². The predicted octanol–water partition coefficient (Wildman–Crippen LogP) is 5.93. The molecule has 0 spiro atoms. The van der Waals surface area contributed by atoms with Crippen LogP contribution in [0.4, 0.5) is 0 Å². The van der Waals surface area contributed by atoms with Crippen molar-refractivity contribution in [2.75, 3.05) is 0 Å². The first-order valence-corrected chi connectivity index (χ1v) is 8.26. The van der Waals surface area contributed by atoms with E-state index in [1.54, 1.807) is 6.26 Å². The number of unbranched alkanes of at least 4 members (excludes halogenated alkanes) is 9. The van der Waals surface area contributed by atoms with Gasteiger partial charge in [0.2, 0.25) is 0 Å². The summed E-state index contributed by atoms with van der Waals surface area (Å²) in [5, 5.41) is 0.